The normalized spacial score (nSPS) is 20.2. The largest absolute Gasteiger partial charge is 0.391 e. The van der Waals surface area contributed by atoms with E-state index in [-0.39, 0.29) is 30.2 Å². The van der Waals surface area contributed by atoms with Crippen molar-refractivity contribution in [2.75, 3.05) is 11.4 Å². The molecule has 16 heavy (non-hydrogen) atoms. The molecular weight excluding hydrogens is 214 g/mol. The average molecular weight is 223 g/mol. The van der Waals surface area contributed by atoms with Crippen molar-refractivity contribution in [3.8, 4) is 0 Å². The number of aromatic nitrogens is 1. The number of β-amino-alcohol motifs (C(OH)–C–C–N with tert-alkyl or cyclic N) is 1. The number of carbonyl (C=O) groups is 1. The van der Waals surface area contributed by atoms with E-state index in [1.807, 2.05) is 0 Å². The molecule has 1 unspecified atom stereocenters. The lowest BCUT2D eigenvalue weighted by molar-refractivity contribution is -0.384. The molecule has 1 N–H and O–H groups in total. The molecule has 2 rings (SSSR count). The average Bonchev–Trinajstić information content (AvgIpc) is 2.57. The van der Waals surface area contributed by atoms with Gasteiger partial charge in [-0.2, -0.15) is 0 Å². The standard InChI is InChI=1S/C9H9N3O4/c13-6-3-9(14)11(5-6)7-1-2-10-4-8(7)12(15)16/h1-2,4,6,13H,3,5H2. The maximum absolute atomic E-state index is 11.5. The summed E-state index contributed by atoms with van der Waals surface area (Å²) >= 11 is 0. The zero-order chi connectivity index (χ0) is 11.7. The van der Waals surface area contributed by atoms with Gasteiger partial charge in [0.15, 0.2) is 0 Å². The second-order valence-corrected chi connectivity index (χ2v) is 3.48. The smallest absolute Gasteiger partial charge is 0.311 e. The molecule has 0 bridgehead atoms. The topological polar surface area (TPSA) is 96.6 Å². The van der Waals surface area contributed by atoms with Gasteiger partial charge in [-0.3, -0.25) is 19.9 Å². The molecule has 1 atom stereocenters. The Labute approximate surface area is 90.5 Å². The van der Waals surface area contributed by atoms with Crippen LogP contribution >= 0.6 is 0 Å². The van der Waals surface area contributed by atoms with Crippen LogP contribution in [-0.2, 0) is 4.79 Å². The third-order valence-corrected chi connectivity index (χ3v) is 2.37. The zero-order valence-electron chi connectivity index (χ0n) is 8.24. The first-order valence-electron chi connectivity index (χ1n) is 4.66. The Bertz CT molecular complexity index is 448. The maximum Gasteiger partial charge on any atom is 0.311 e. The molecular formula is C9H9N3O4. The number of hydrogen-bond acceptors (Lipinski definition) is 5. The number of aliphatic hydroxyl groups is 1. The number of hydrogen-bond donors (Lipinski definition) is 1. The van der Waals surface area contributed by atoms with Crippen molar-refractivity contribution in [3.05, 3.63) is 28.6 Å². The number of amides is 1. The number of carbonyl (C=O) groups excluding carboxylic acids is 1. The van der Waals surface area contributed by atoms with E-state index in [0.29, 0.717) is 0 Å². The van der Waals surface area contributed by atoms with Gasteiger partial charge >= 0.3 is 5.69 Å². The molecule has 84 valence electrons. The van der Waals surface area contributed by atoms with Crippen LogP contribution in [0, 0.1) is 10.1 Å². The molecule has 0 aliphatic carbocycles. The predicted molar refractivity (Wildman–Crippen MR) is 53.9 cm³/mol. The van der Waals surface area contributed by atoms with Gasteiger partial charge < -0.3 is 10.0 Å². The van der Waals surface area contributed by atoms with Gasteiger partial charge in [0.25, 0.3) is 0 Å². The Hall–Kier alpha value is -2.02. The second-order valence-electron chi connectivity index (χ2n) is 3.48. The quantitative estimate of drug-likeness (QED) is 0.566. The molecule has 1 fully saturated rings. The van der Waals surface area contributed by atoms with Crippen LogP contribution in [0.2, 0.25) is 0 Å². The molecule has 1 aliphatic heterocycles. The third-order valence-electron chi connectivity index (χ3n) is 2.37. The van der Waals surface area contributed by atoms with Crippen LogP contribution < -0.4 is 4.90 Å². The van der Waals surface area contributed by atoms with Gasteiger partial charge in [0.2, 0.25) is 5.91 Å². The van der Waals surface area contributed by atoms with E-state index in [2.05, 4.69) is 4.98 Å². The SMILES string of the molecule is O=C1CC(O)CN1c1ccncc1[N+](=O)[O-]. The molecule has 0 saturated carbocycles. The molecule has 1 aromatic heterocycles. The summed E-state index contributed by atoms with van der Waals surface area (Å²) in [5.74, 6) is -0.318. The third kappa shape index (κ3) is 1.72. The fourth-order valence-corrected chi connectivity index (χ4v) is 1.67. The lowest BCUT2D eigenvalue weighted by Crippen LogP contribution is -2.26. The van der Waals surface area contributed by atoms with Crippen molar-refractivity contribution in [2.45, 2.75) is 12.5 Å². The number of aliphatic hydroxyl groups excluding tert-OH is 1. The summed E-state index contributed by atoms with van der Waals surface area (Å²) in [6, 6.07) is 1.40. The first-order valence-corrected chi connectivity index (χ1v) is 4.66. The first-order chi connectivity index (χ1) is 7.59. The Morgan fingerprint density at radius 3 is 2.94 bits per heavy atom. The van der Waals surface area contributed by atoms with Crippen LogP contribution in [0.3, 0.4) is 0 Å². The zero-order valence-corrected chi connectivity index (χ0v) is 8.24. The second kappa shape index (κ2) is 3.86. The minimum atomic E-state index is -0.764. The molecule has 2 heterocycles. The van der Waals surface area contributed by atoms with E-state index in [0.717, 1.165) is 6.20 Å². The fourth-order valence-electron chi connectivity index (χ4n) is 1.67. The van der Waals surface area contributed by atoms with Crippen LogP contribution in [0.25, 0.3) is 0 Å². The van der Waals surface area contributed by atoms with E-state index >= 15 is 0 Å². The number of anilines is 1. The lowest BCUT2D eigenvalue weighted by Gasteiger charge is -2.14. The summed E-state index contributed by atoms with van der Waals surface area (Å²) in [6.45, 7) is 0.0870. The lowest BCUT2D eigenvalue weighted by atomic mass is 10.3. The molecule has 7 heteroatoms. The van der Waals surface area contributed by atoms with Gasteiger partial charge in [0.05, 0.1) is 24.0 Å². The van der Waals surface area contributed by atoms with E-state index in [4.69, 9.17) is 0 Å². The van der Waals surface area contributed by atoms with Gasteiger partial charge in [-0.1, -0.05) is 0 Å². The Morgan fingerprint density at radius 2 is 2.38 bits per heavy atom. The van der Waals surface area contributed by atoms with Crippen molar-refractivity contribution >= 4 is 17.3 Å². The first kappa shape index (κ1) is 10.5. The monoisotopic (exact) mass is 223 g/mol. The molecule has 0 radical (unpaired) electrons. The van der Waals surface area contributed by atoms with Gasteiger partial charge in [-0.25, -0.2) is 0 Å². The molecule has 1 aliphatic rings. The number of rotatable bonds is 2. The summed E-state index contributed by atoms with van der Waals surface area (Å²) in [7, 11) is 0. The van der Waals surface area contributed by atoms with Gasteiger partial charge in [-0.15, -0.1) is 0 Å². The van der Waals surface area contributed by atoms with Crippen LogP contribution in [-0.4, -0.2) is 33.6 Å². The summed E-state index contributed by atoms with van der Waals surface area (Å²) in [4.78, 5) is 26.5. The Balaban J connectivity index is 2.40. The predicted octanol–water partition coefficient (Wildman–Crippen LogP) is 0.0874. The highest BCUT2D eigenvalue weighted by Gasteiger charge is 2.33. The van der Waals surface area contributed by atoms with Crippen LogP contribution in [0.1, 0.15) is 6.42 Å². The number of nitrogens with zero attached hydrogens (tertiary/aromatic N) is 3. The van der Waals surface area contributed by atoms with E-state index in [9.17, 15) is 20.0 Å². The minimum Gasteiger partial charge on any atom is -0.391 e. The Kier molecular flexibility index (Phi) is 2.53. The molecule has 7 nitrogen and oxygen atoms in total. The summed E-state index contributed by atoms with van der Waals surface area (Å²) in [5, 5.41) is 20.0. The highest BCUT2D eigenvalue weighted by molar-refractivity contribution is 5.97. The van der Waals surface area contributed by atoms with Crippen LogP contribution in [0.4, 0.5) is 11.4 Å². The minimum absolute atomic E-state index is 0.000519. The van der Waals surface area contributed by atoms with Crippen molar-refractivity contribution in [2.24, 2.45) is 0 Å². The highest BCUT2D eigenvalue weighted by atomic mass is 16.6. The highest BCUT2D eigenvalue weighted by Crippen LogP contribution is 2.29. The van der Waals surface area contributed by atoms with Crippen molar-refractivity contribution in [3.63, 3.8) is 0 Å². The Morgan fingerprint density at radius 1 is 1.62 bits per heavy atom. The van der Waals surface area contributed by atoms with E-state index in [1.165, 1.54) is 17.2 Å². The van der Waals surface area contributed by atoms with E-state index < -0.39 is 11.0 Å². The van der Waals surface area contributed by atoms with Crippen LogP contribution in [0.5, 0.6) is 0 Å². The van der Waals surface area contributed by atoms with Crippen molar-refractivity contribution < 1.29 is 14.8 Å². The molecule has 0 spiro atoms. The van der Waals surface area contributed by atoms with Gasteiger partial charge in [-0.05, 0) is 6.07 Å². The number of nitro groups is 1. The fraction of sp³-hybridized carbons (Fsp3) is 0.333. The molecule has 1 amide bonds. The van der Waals surface area contributed by atoms with Gasteiger partial charge in [0, 0.05) is 6.20 Å². The molecule has 1 aromatic rings. The van der Waals surface area contributed by atoms with E-state index in [1.54, 1.807) is 0 Å². The summed E-state index contributed by atoms with van der Waals surface area (Å²) in [6.07, 6.45) is 1.70. The number of pyridine rings is 1. The molecule has 0 aromatic carbocycles. The van der Waals surface area contributed by atoms with Gasteiger partial charge in [0.1, 0.15) is 11.9 Å². The maximum atomic E-state index is 11.5. The summed E-state index contributed by atoms with van der Waals surface area (Å²) < 4.78 is 0. The summed E-state index contributed by atoms with van der Waals surface area (Å²) in [5.41, 5.74) is -0.0495. The van der Waals surface area contributed by atoms with Crippen molar-refractivity contribution in [1.29, 1.82) is 0 Å². The van der Waals surface area contributed by atoms with Crippen LogP contribution in [0.15, 0.2) is 18.5 Å². The van der Waals surface area contributed by atoms with Crippen molar-refractivity contribution in [1.82, 2.24) is 4.98 Å². The molecule has 1 saturated heterocycles.